The minimum absolute atomic E-state index is 0.182. The predicted octanol–water partition coefficient (Wildman–Crippen LogP) is 14.2. The molecule has 5 heterocycles. The fourth-order valence-corrected chi connectivity index (χ4v) is 14.2. The molecular weight excluding hydrogens is 1120 g/mol. The van der Waals surface area contributed by atoms with Gasteiger partial charge in [0.05, 0.1) is 55.2 Å². The molecule has 0 bridgehead atoms. The second-order valence-electron chi connectivity index (χ2n) is 19.4. The Morgan fingerprint density at radius 1 is 0.679 bits per heavy atom. The summed E-state index contributed by atoms with van der Waals surface area (Å²) in [5, 5.41) is 4.96. The van der Waals surface area contributed by atoms with E-state index in [1.807, 2.05) is 47.5 Å². The lowest BCUT2D eigenvalue weighted by molar-refractivity contribution is -0.674. The number of oxazole rings is 1. The van der Waals surface area contributed by atoms with Crippen LogP contribution in [0.3, 0.4) is 0 Å². The number of methoxy groups -OCH3 is 1. The lowest BCUT2D eigenvalue weighted by Gasteiger charge is -2.21. The van der Waals surface area contributed by atoms with Crippen molar-refractivity contribution >= 4 is 110 Å². The van der Waals surface area contributed by atoms with Crippen LogP contribution in [0.25, 0.3) is 65.8 Å². The molecule has 0 N–H and O–H groups in total. The van der Waals surface area contributed by atoms with Crippen LogP contribution in [0, 0.1) is 0 Å². The van der Waals surface area contributed by atoms with Crippen molar-refractivity contribution in [2.45, 2.75) is 71.4 Å². The first-order valence-electron chi connectivity index (χ1n) is 27.0. The number of benzene rings is 6. The highest BCUT2D eigenvalue weighted by atomic mass is 32.2. The second kappa shape index (κ2) is 25.0. The molecule has 0 amide bonds. The highest BCUT2D eigenvalue weighted by Gasteiger charge is 2.29. The molecule has 418 valence electrons. The number of anilines is 2. The van der Waals surface area contributed by atoms with Crippen LogP contribution in [0.1, 0.15) is 64.3 Å². The Bertz CT molecular complexity index is 4130. The minimum atomic E-state index is -4.33. The number of hydrogen-bond donors (Lipinski definition) is 0. The molecule has 9 aromatic rings. The second-order valence-corrected chi connectivity index (χ2v) is 25.5. The van der Waals surface area contributed by atoms with E-state index in [1.165, 1.54) is 22.3 Å². The molecule has 0 fully saturated rings. The Morgan fingerprint density at radius 3 is 2.04 bits per heavy atom. The molecule has 0 radical (unpaired) electrons. The number of allylic oxidation sites excluding steroid dienone is 4. The van der Waals surface area contributed by atoms with Crippen molar-refractivity contribution in [2.24, 2.45) is 0 Å². The number of thiophene rings is 1. The highest BCUT2D eigenvalue weighted by Crippen LogP contribution is 2.48. The number of nitrogens with zero attached hydrogens (tertiary/aromatic N) is 4. The molecule has 0 saturated heterocycles. The van der Waals surface area contributed by atoms with Gasteiger partial charge in [-0.3, -0.25) is 0 Å². The molecule has 2 aliphatic heterocycles. The number of aromatic nitrogens is 2. The summed E-state index contributed by atoms with van der Waals surface area (Å²) in [4.78, 5) is 5.26. The number of aryl methyl sites for hydroxylation is 2. The molecule has 6 aromatic carbocycles. The van der Waals surface area contributed by atoms with Gasteiger partial charge in [0, 0.05) is 64.9 Å². The topological polar surface area (TPSA) is 160 Å². The van der Waals surface area contributed by atoms with E-state index < -0.39 is 31.7 Å². The molecule has 0 spiro atoms. The van der Waals surface area contributed by atoms with E-state index in [0.29, 0.717) is 25.3 Å². The summed E-state index contributed by atoms with van der Waals surface area (Å²) in [6.07, 6.45) is 10.4. The third-order valence-corrected chi connectivity index (χ3v) is 18.8. The first-order chi connectivity index (χ1) is 39.1. The Kier molecular flexibility index (Phi) is 17.7. The summed E-state index contributed by atoms with van der Waals surface area (Å²) in [7, 11) is -7.08. The predicted molar refractivity (Wildman–Crippen MR) is 328 cm³/mol. The quantitative estimate of drug-likeness (QED) is 0.0558. The first kappa shape index (κ1) is 57.2. The summed E-state index contributed by atoms with van der Waals surface area (Å²) in [5.41, 5.74) is 11.9. The van der Waals surface area contributed by atoms with Gasteiger partial charge in [-0.05, 0) is 126 Å². The van der Waals surface area contributed by atoms with Gasteiger partial charge < -0.3 is 32.8 Å². The third kappa shape index (κ3) is 13.2. The summed E-state index contributed by atoms with van der Waals surface area (Å²) in [6, 6.07) is 45.8. The third-order valence-electron chi connectivity index (χ3n) is 14.2. The Hall–Kier alpha value is -7.03. The van der Waals surface area contributed by atoms with Crippen molar-refractivity contribution in [2.75, 3.05) is 41.5 Å². The molecule has 11 rings (SSSR count). The van der Waals surface area contributed by atoms with Crippen molar-refractivity contribution in [1.82, 2.24) is 0 Å². The van der Waals surface area contributed by atoms with Gasteiger partial charge in [0.25, 0.3) is 10.5 Å². The van der Waals surface area contributed by atoms with Gasteiger partial charge in [-0.2, -0.15) is 9.13 Å². The maximum absolute atomic E-state index is 11.3. The van der Waals surface area contributed by atoms with Crippen LogP contribution in [0.5, 0.6) is 11.5 Å². The van der Waals surface area contributed by atoms with E-state index in [9.17, 15) is 25.9 Å². The number of thioether (sulfide) groups is 1. The van der Waals surface area contributed by atoms with E-state index in [4.69, 9.17) is 13.9 Å². The number of thiazole rings is 1. The molecular formula is C63H62N4O9S5. The largest absolute Gasteiger partial charge is 0.748 e. The number of ether oxygens (including phenoxy) is 2. The zero-order chi connectivity index (χ0) is 56.8. The van der Waals surface area contributed by atoms with Gasteiger partial charge in [0.1, 0.15) is 17.0 Å². The molecule has 0 saturated carbocycles. The lowest BCUT2D eigenvalue weighted by atomic mass is 10.0. The molecule has 3 aromatic heterocycles. The van der Waals surface area contributed by atoms with E-state index in [-0.39, 0.29) is 12.8 Å². The smallest absolute Gasteiger partial charge is 0.374 e. The van der Waals surface area contributed by atoms with Gasteiger partial charge in [-0.1, -0.05) is 110 Å². The molecule has 2 aliphatic rings. The average Bonchev–Trinajstić information content (AvgIpc) is 4.36. The zero-order valence-corrected chi connectivity index (χ0v) is 49.7. The first-order valence-corrected chi connectivity index (χ1v) is 32.6. The number of fused-ring (bicyclic) bond motifs is 6. The molecule has 0 unspecified atom stereocenters. The van der Waals surface area contributed by atoms with Gasteiger partial charge in [-0.15, -0.1) is 11.3 Å². The van der Waals surface area contributed by atoms with Crippen molar-refractivity contribution in [3.8, 4) is 33.8 Å². The van der Waals surface area contributed by atoms with Crippen molar-refractivity contribution in [3.05, 3.63) is 184 Å². The van der Waals surface area contributed by atoms with Gasteiger partial charge in [-0.25, -0.2) is 16.8 Å². The molecule has 0 aliphatic carbocycles. The molecule has 18 heteroatoms. The lowest BCUT2D eigenvalue weighted by Crippen LogP contribution is -2.36. The molecule has 13 nitrogen and oxygen atoms in total. The minimum Gasteiger partial charge on any atom is -0.748 e. The van der Waals surface area contributed by atoms with Crippen LogP contribution in [0.15, 0.2) is 182 Å². The fourth-order valence-electron chi connectivity index (χ4n) is 10.1. The van der Waals surface area contributed by atoms with Crippen LogP contribution in [0.2, 0.25) is 0 Å². The maximum Gasteiger partial charge on any atom is 0.374 e. The van der Waals surface area contributed by atoms with Crippen molar-refractivity contribution in [1.29, 1.82) is 0 Å². The average molecular weight is 1180 g/mol. The number of hydrogen-bond acceptors (Lipinski definition) is 14. The highest BCUT2D eigenvalue weighted by molar-refractivity contribution is 8.03. The van der Waals surface area contributed by atoms with E-state index >= 15 is 0 Å². The summed E-state index contributed by atoms with van der Waals surface area (Å²) in [6.45, 7) is 10.9. The van der Waals surface area contributed by atoms with Crippen molar-refractivity contribution in [3.63, 3.8) is 0 Å². The van der Waals surface area contributed by atoms with Crippen LogP contribution >= 0.6 is 34.4 Å². The zero-order valence-electron chi connectivity index (χ0n) is 45.7. The van der Waals surface area contributed by atoms with Crippen LogP contribution in [-0.4, -0.2) is 57.6 Å². The van der Waals surface area contributed by atoms with Gasteiger partial charge >= 0.3 is 5.89 Å². The Labute approximate surface area is 485 Å². The van der Waals surface area contributed by atoms with Gasteiger partial charge in [0.2, 0.25) is 17.0 Å². The van der Waals surface area contributed by atoms with Crippen molar-refractivity contribution < 1.29 is 49.0 Å². The molecule has 81 heavy (non-hydrogen) atoms. The van der Waals surface area contributed by atoms with Crippen LogP contribution < -0.4 is 28.4 Å². The number of rotatable bonds is 19. The van der Waals surface area contributed by atoms with E-state index in [1.54, 1.807) is 41.5 Å². The van der Waals surface area contributed by atoms with Gasteiger partial charge in [0.15, 0.2) is 12.3 Å². The fraction of sp³-hybridized carbons (Fsp3) is 0.238. The van der Waals surface area contributed by atoms with E-state index in [2.05, 4.69) is 162 Å². The van der Waals surface area contributed by atoms with Crippen LogP contribution in [0.4, 0.5) is 11.4 Å². The Balaban J connectivity index is 0.000000182. The summed E-state index contributed by atoms with van der Waals surface area (Å²) in [5.74, 6) is 2.37. The standard InChI is InChI=1S/C35H33N2O2.C28H30N2O7S5/c1-4-25(21-34-36(5-2)30-23-28(17-19-32(30)38-34)26-13-9-7-10-14-26)22-35-37(6-3)31-24-29(18-20-33(31)39-35)27-15-11-8-12-16-27;1-3-19(16-26-29(11-4-14-41(31,32)33)22-18-20(37-2)6-7-24(22)39-26)17-27-30(12-5-15-42(34,35)36)28-21-10-13-38-23(21)8-9-25(28)40-27/h7-24H,4-6H2,1-3H3;6-10,13,16-18H,3-5,11-12,14-15H2,1-2H3,(H-,31,32,33,34,35,36)/q+1;/p-1. The molecule has 0 atom stereocenters. The van der Waals surface area contributed by atoms with Crippen LogP contribution in [-0.2, 0) is 33.3 Å². The monoisotopic (exact) mass is 1180 g/mol. The SMILES string of the molecule is CCC(/C=C1\Sc2ccc(OC)cc2N1CCCS(=O)(=O)[O-])=C\c1sc2ccc3sccc3c2[n+]1CCCS(=O)(=O)[O-].CCC(=C\c1oc2ccc(-c3ccccc3)cc2[n+]1CC)/C=C1/Oc2ccc(-c3ccccc3)cc2N1CC. The maximum atomic E-state index is 11.3. The normalized spacial score (nSPS) is 14.8. The van der Waals surface area contributed by atoms with E-state index in [0.717, 1.165) is 106 Å². The summed E-state index contributed by atoms with van der Waals surface area (Å²) >= 11 is 4.81. The summed E-state index contributed by atoms with van der Waals surface area (Å²) < 4.78 is 92.6. The Morgan fingerprint density at radius 2 is 1.36 bits per heavy atom.